The molecule has 0 fully saturated rings. The molecule has 2 aromatic rings. The van der Waals surface area contributed by atoms with E-state index in [4.69, 9.17) is 4.99 Å². The standard InChI is InChI=1S/C17H16N2O/c1-13-18-17(16(20)19(13)2,14-9-5-3-6-10-14)15-11-7-4-8-12-15/h3-12H,1-2H3. The fourth-order valence-corrected chi connectivity index (χ4v) is 2.66. The molecule has 1 heterocycles. The number of hydrogen-bond acceptors (Lipinski definition) is 2. The number of aliphatic imine (C=N–C) groups is 1. The van der Waals surface area contributed by atoms with Crippen molar-refractivity contribution in [2.45, 2.75) is 12.5 Å². The van der Waals surface area contributed by atoms with E-state index in [0.29, 0.717) is 0 Å². The van der Waals surface area contributed by atoms with Crippen molar-refractivity contribution >= 4 is 11.7 Å². The second-order valence-corrected chi connectivity index (χ2v) is 4.97. The predicted molar refractivity (Wildman–Crippen MR) is 79.5 cm³/mol. The van der Waals surface area contributed by atoms with Gasteiger partial charge in [-0.2, -0.15) is 0 Å². The molecule has 0 spiro atoms. The first kappa shape index (κ1) is 12.6. The molecule has 0 N–H and O–H groups in total. The Kier molecular flexibility index (Phi) is 2.90. The average molecular weight is 264 g/mol. The third-order valence-corrected chi connectivity index (χ3v) is 3.81. The van der Waals surface area contributed by atoms with Gasteiger partial charge in [-0.25, -0.2) is 4.99 Å². The molecule has 1 amide bonds. The number of benzene rings is 2. The highest BCUT2D eigenvalue weighted by molar-refractivity contribution is 6.09. The first-order valence-corrected chi connectivity index (χ1v) is 6.62. The maximum Gasteiger partial charge on any atom is 0.264 e. The van der Waals surface area contributed by atoms with Crippen molar-refractivity contribution in [3.63, 3.8) is 0 Å². The molecule has 3 heteroatoms. The maximum absolute atomic E-state index is 12.8. The Morgan fingerprint density at radius 2 is 1.35 bits per heavy atom. The van der Waals surface area contributed by atoms with Gasteiger partial charge in [0.1, 0.15) is 5.84 Å². The molecule has 0 aliphatic carbocycles. The van der Waals surface area contributed by atoms with Crippen molar-refractivity contribution in [2.75, 3.05) is 7.05 Å². The maximum atomic E-state index is 12.8. The lowest BCUT2D eigenvalue weighted by atomic mass is 9.83. The van der Waals surface area contributed by atoms with Gasteiger partial charge in [-0.3, -0.25) is 4.79 Å². The molecule has 100 valence electrons. The molecular weight excluding hydrogens is 248 g/mol. The quantitative estimate of drug-likeness (QED) is 0.821. The van der Waals surface area contributed by atoms with Gasteiger partial charge in [-0.1, -0.05) is 60.7 Å². The molecule has 0 bridgehead atoms. The molecule has 0 unspecified atom stereocenters. The first-order chi connectivity index (χ1) is 9.66. The van der Waals surface area contributed by atoms with Crippen LogP contribution in [0.4, 0.5) is 0 Å². The van der Waals surface area contributed by atoms with Crippen LogP contribution >= 0.6 is 0 Å². The summed E-state index contributed by atoms with van der Waals surface area (Å²) >= 11 is 0. The van der Waals surface area contributed by atoms with Gasteiger partial charge < -0.3 is 4.90 Å². The van der Waals surface area contributed by atoms with Crippen LogP contribution in [0.3, 0.4) is 0 Å². The topological polar surface area (TPSA) is 32.7 Å². The van der Waals surface area contributed by atoms with Crippen LogP contribution in [-0.4, -0.2) is 23.7 Å². The number of hydrogen-bond donors (Lipinski definition) is 0. The molecule has 0 radical (unpaired) electrons. The summed E-state index contributed by atoms with van der Waals surface area (Å²) in [6.45, 7) is 1.87. The van der Waals surface area contributed by atoms with E-state index in [-0.39, 0.29) is 5.91 Å². The third-order valence-electron chi connectivity index (χ3n) is 3.81. The molecule has 20 heavy (non-hydrogen) atoms. The Morgan fingerprint density at radius 3 is 1.70 bits per heavy atom. The smallest absolute Gasteiger partial charge is 0.264 e. The molecule has 2 aromatic carbocycles. The lowest BCUT2D eigenvalue weighted by Gasteiger charge is -2.26. The minimum absolute atomic E-state index is 0.00704. The van der Waals surface area contributed by atoms with Gasteiger partial charge in [-0.15, -0.1) is 0 Å². The number of nitrogens with zero attached hydrogens (tertiary/aromatic N) is 2. The average Bonchev–Trinajstić information content (AvgIpc) is 2.74. The molecule has 0 saturated carbocycles. The van der Waals surface area contributed by atoms with E-state index in [0.717, 1.165) is 17.0 Å². The zero-order valence-electron chi connectivity index (χ0n) is 11.6. The van der Waals surface area contributed by atoms with Crippen LogP contribution < -0.4 is 0 Å². The van der Waals surface area contributed by atoms with Crippen molar-refractivity contribution in [2.24, 2.45) is 4.99 Å². The van der Waals surface area contributed by atoms with E-state index in [1.165, 1.54) is 0 Å². The number of carbonyl (C=O) groups excluding carboxylic acids is 1. The van der Waals surface area contributed by atoms with Gasteiger partial charge in [0.05, 0.1) is 0 Å². The molecular formula is C17H16N2O. The Hall–Kier alpha value is -2.42. The highest BCUT2D eigenvalue weighted by atomic mass is 16.2. The Bertz CT molecular complexity index is 622. The minimum Gasteiger partial charge on any atom is -0.301 e. The largest absolute Gasteiger partial charge is 0.301 e. The van der Waals surface area contributed by atoms with Crippen LogP contribution in [0.25, 0.3) is 0 Å². The van der Waals surface area contributed by atoms with Crippen molar-refractivity contribution in [3.8, 4) is 0 Å². The summed E-state index contributed by atoms with van der Waals surface area (Å²) in [5.74, 6) is 0.732. The fourth-order valence-electron chi connectivity index (χ4n) is 2.66. The van der Waals surface area contributed by atoms with E-state index in [1.807, 2.05) is 67.6 Å². The Morgan fingerprint density at radius 1 is 0.900 bits per heavy atom. The summed E-state index contributed by atoms with van der Waals surface area (Å²) in [4.78, 5) is 19.2. The number of amides is 1. The van der Waals surface area contributed by atoms with Gasteiger partial charge >= 0.3 is 0 Å². The van der Waals surface area contributed by atoms with E-state index in [1.54, 1.807) is 11.9 Å². The zero-order valence-corrected chi connectivity index (χ0v) is 11.6. The van der Waals surface area contributed by atoms with Crippen LogP contribution in [0, 0.1) is 0 Å². The van der Waals surface area contributed by atoms with Gasteiger partial charge in [0.15, 0.2) is 5.54 Å². The van der Waals surface area contributed by atoms with E-state index < -0.39 is 5.54 Å². The third kappa shape index (κ3) is 1.67. The van der Waals surface area contributed by atoms with Crippen molar-refractivity contribution < 1.29 is 4.79 Å². The summed E-state index contributed by atoms with van der Waals surface area (Å²) in [7, 11) is 1.77. The van der Waals surface area contributed by atoms with Crippen molar-refractivity contribution in [1.29, 1.82) is 0 Å². The Balaban J connectivity index is 2.28. The monoisotopic (exact) mass is 264 g/mol. The second kappa shape index (κ2) is 4.60. The normalized spacial score (nSPS) is 17.2. The molecule has 0 aromatic heterocycles. The molecule has 0 saturated heterocycles. The molecule has 3 nitrogen and oxygen atoms in total. The summed E-state index contributed by atoms with van der Waals surface area (Å²) in [6, 6.07) is 19.5. The molecule has 0 atom stereocenters. The van der Waals surface area contributed by atoms with Gasteiger partial charge in [0, 0.05) is 7.05 Å². The van der Waals surface area contributed by atoms with Crippen LogP contribution in [0.2, 0.25) is 0 Å². The summed E-state index contributed by atoms with van der Waals surface area (Å²) in [5.41, 5.74) is 0.862. The molecule has 1 aliphatic rings. The lowest BCUT2D eigenvalue weighted by Crippen LogP contribution is -2.39. The van der Waals surface area contributed by atoms with E-state index in [9.17, 15) is 4.79 Å². The molecule has 3 rings (SSSR count). The van der Waals surface area contributed by atoms with Gasteiger partial charge in [-0.05, 0) is 18.1 Å². The van der Waals surface area contributed by atoms with Crippen molar-refractivity contribution in [1.82, 2.24) is 4.90 Å². The highest BCUT2D eigenvalue weighted by Crippen LogP contribution is 2.39. The number of amidine groups is 1. The highest BCUT2D eigenvalue weighted by Gasteiger charge is 2.48. The SMILES string of the molecule is CC1=NC(c2ccccc2)(c2ccccc2)C(=O)N1C. The summed E-state index contributed by atoms with van der Waals surface area (Å²) in [5, 5.41) is 0. The fraction of sp³-hybridized carbons (Fsp3) is 0.176. The van der Waals surface area contributed by atoms with Gasteiger partial charge in [0.25, 0.3) is 5.91 Å². The van der Waals surface area contributed by atoms with Crippen molar-refractivity contribution in [3.05, 3.63) is 71.8 Å². The lowest BCUT2D eigenvalue weighted by molar-refractivity contribution is -0.129. The van der Waals surface area contributed by atoms with Gasteiger partial charge in [0.2, 0.25) is 0 Å². The van der Waals surface area contributed by atoms with Crippen LogP contribution in [-0.2, 0) is 10.3 Å². The van der Waals surface area contributed by atoms with Crippen LogP contribution in [0.1, 0.15) is 18.1 Å². The van der Waals surface area contributed by atoms with Crippen LogP contribution in [0.5, 0.6) is 0 Å². The second-order valence-electron chi connectivity index (χ2n) is 4.97. The molecule has 1 aliphatic heterocycles. The Labute approximate surface area is 118 Å². The minimum atomic E-state index is -0.943. The summed E-state index contributed by atoms with van der Waals surface area (Å²) < 4.78 is 0. The zero-order chi connectivity index (χ0) is 14.2. The summed E-state index contributed by atoms with van der Waals surface area (Å²) in [6.07, 6.45) is 0. The van der Waals surface area contributed by atoms with Crippen LogP contribution in [0.15, 0.2) is 65.7 Å². The number of rotatable bonds is 2. The van der Waals surface area contributed by atoms with E-state index in [2.05, 4.69) is 0 Å². The number of carbonyl (C=O) groups is 1. The van der Waals surface area contributed by atoms with E-state index >= 15 is 0 Å². The first-order valence-electron chi connectivity index (χ1n) is 6.62. The number of likely N-dealkylation sites (N-methyl/N-ethyl adjacent to an activating group) is 1. The predicted octanol–water partition coefficient (Wildman–Crippen LogP) is 2.82.